The maximum absolute atomic E-state index is 12.8. The van der Waals surface area contributed by atoms with E-state index in [2.05, 4.69) is 56.1 Å². The number of nitrogens with zero attached hydrogens (tertiary/aromatic N) is 2. The van der Waals surface area contributed by atoms with Gasteiger partial charge < -0.3 is 15.1 Å². The predicted molar refractivity (Wildman–Crippen MR) is 119 cm³/mol. The summed E-state index contributed by atoms with van der Waals surface area (Å²) in [7, 11) is 0. The van der Waals surface area contributed by atoms with Gasteiger partial charge in [-0.2, -0.15) is 0 Å². The fourth-order valence-corrected chi connectivity index (χ4v) is 3.94. The average Bonchev–Trinajstić information content (AvgIpc) is 2.75. The third-order valence-corrected chi connectivity index (χ3v) is 5.92. The van der Waals surface area contributed by atoms with Crippen LogP contribution in [0.4, 0.5) is 11.4 Å². The number of piperazine rings is 1. The fraction of sp³-hybridized carbons (Fsp3) is 0.417. The third kappa shape index (κ3) is 4.44. The Morgan fingerprint density at radius 2 is 1.48 bits per heavy atom. The van der Waals surface area contributed by atoms with Gasteiger partial charge in [0, 0.05) is 37.6 Å². The summed E-state index contributed by atoms with van der Waals surface area (Å²) in [4.78, 5) is 29.4. The van der Waals surface area contributed by atoms with Gasteiger partial charge in [-0.25, -0.2) is 0 Å². The summed E-state index contributed by atoms with van der Waals surface area (Å²) in [6, 6.07) is 12.3. The zero-order chi connectivity index (χ0) is 21.0. The zero-order valence-corrected chi connectivity index (χ0v) is 17.9. The number of anilines is 2. The van der Waals surface area contributed by atoms with Gasteiger partial charge in [-0.15, -0.1) is 0 Å². The summed E-state index contributed by atoms with van der Waals surface area (Å²) >= 11 is 0. The van der Waals surface area contributed by atoms with Gasteiger partial charge >= 0.3 is 11.8 Å². The van der Waals surface area contributed by atoms with Gasteiger partial charge in [0.05, 0.1) is 0 Å². The number of rotatable bonds is 4. The van der Waals surface area contributed by atoms with Crippen LogP contribution in [0, 0.1) is 13.8 Å². The first kappa shape index (κ1) is 20.9. The molecule has 1 heterocycles. The second-order valence-corrected chi connectivity index (χ2v) is 7.61. The Bertz CT molecular complexity index is 877. The van der Waals surface area contributed by atoms with Crippen molar-refractivity contribution in [3.63, 3.8) is 0 Å². The summed E-state index contributed by atoms with van der Waals surface area (Å²) in [5, 5.41) is 2.89. The lowest BCUT2D eigenvalue weighted by molar-refractivity contribution is -0.143. The number of hydrogen-bond acceptors (Lipinski definition) is 3. The quantitative estimate of drug-likeness (QED) is 0.806. The van der Waals surface area contributed by atoms with Crippen molar-refractivity contribution in [2.45, 2.75) is 40.5 Å². The number of benzene rings is 2. The van der Waals surface area contributed by atoms with Gasteiger partial charge in [-0.1, -0.05) is 44.2 Å². The first-order chi connectivity index (χ1) is 14.0. The Morgan fingerprint density at radius 3 is 2.07 bits per heavy atom. The minimum Gasteiger partial charge on any atom is -0.368 e. The molecule has 1 aliphatic rings. The zero-order valence-electron chi connectivity index (χ0n) is 17.9. The molecule has 154 valence electrons. The summed E-state index contributed by atoms with van der Waals surface area (Å²) < 4.78 is 0. The van der Waals surface area contributed by atoms with Crippen LogP contribution >= 0.6 is 0 Å². The monoisotopic (exact) mass is 393 g/mol. The molecule has 0 spiro atoms. The predicted octanol–water partition coefficient (Wildman–Crippen LogP) is 3.72. The van der Waals surface area contributed by atoms with Crippen molar-refractivity contribution < 1.29 is 9.59 Å². The van der Waals surface area contributed by atoms with Crippen LogP contribution in [0.25, 0.3) is 0 Å². The van der Waals surface area contributed by atoms with E-state index < -0.39 is 11.8 Å². The molecule has 0 atom stereocenters. The molecule has 0 radical (unpaired) electrons. The van der Waals surface area contributed by atoms with Crippen LogP contribution in [0.5, 0.6) is 0 Å². The molecule has 0 unspecified atom stereocenters. The summed E-state index contributed by atoms with van der Waals surface area (Å²) in [6.45, 7) is 10.9. The molecule has 1 aliphatic heterocycles. The lowest BCUT2D eigenvalue weighted by Gasteiger charge is -2.36. The molecule has 0 bridgehead atoms. The van der Waals surface area contributed by atoms with Gasteiger partial charge in [0.15, 0.2) is 0 Å². The molecule has 29 heavy (non-hydrogen) atoms. The van der Waals surface area contributed by atoms with E-state index in [9.17, 15) is 9.59 Å². The molecule has 1 fully saturated rings. The Kier molecular flexibility index (Phi) is 6.57. The van der Waals surface area contributed by atoms with E-state index in [4.69, 9.17) is 0 Å². The second-order valence-electron chi connectivity index (χ2n) is 7.61. The van der Waals surface area contributed by atoms with Crippen LogP contribution in [0.2, 0.25) is 0 Å². The second kappa shape index (κ2) is 9.12. The number of nitrogens with one attached hydrogen (secondary N) is 1. The molecule has 0 aliphatic carbocycles. The largest absolute Gasteiger partial charge is 0.368 e. The van der Waals surface area contributed by atoms with Crippen LogP contribution in [-0.4, -0.2) is 42.9 Å². The summed E-state index contributed by atoms with van der Waals surface area (Å²) in [5.74, 6) is -0.987. The van der Waals surface area contributed by atoms with Crippen molar-refractivity contribution in [3.05, 3.63) is 58.7 Å². The molecular formula is C24H31N3O2. The van der Waals surface area contributed by atoms with E-state index in [1.165, 1.54) is 16.8 Å². The molecule has 5 nitrogen and oxygen atoms in total. The molecule has 2 aromatic rings. The maximum Gasteiger partial charge on any atom is 0.313 e. The molecule has 1 saturated heterocycles. The summed E-state index contributed by atoms with van der Waals surface area (Å²) in [6.07, 6.45) is 1.62. The van der Waals surface area contributed by atoms with E-state index in [1.54, 1.807) is 4.90 Å². The minimum absolute atomic E-state index is 0.446. The van der Waals surface area contributed by atoms with Gasteiger partial charge in [0.2, 0.25) is 0 Å². The van der Waals surface area contributed by atoms with Crippen molar-refractivity contribution >= 4 is 23.2 Å². The highest BCUT2D eigenvalue weighted by Gasteiger charge is 2.27. The number of aryl methyl sites for hydroxylation is 3. The van der Waals surface area contributed by atoms with E-state index in [0.717, 1.165) is 42.7 Å². The first-order valence-electron chi connectivity index (χ1n) is 10.5. The van der Waals surface area contributed by atoms with Crippen molar-refractivity contribution in [1.82, 2.24) is 4.90 Å². The molecule has 2 aromatic carbocycles. The number of hydrogen-bond donors (Lipinski definition) is 1. The Morgan fingerprint density at radius 1 is 0.897 bits per heavy atom. The number of amides is 2. The number of carbonyl (C=O) groups is 2. The Balaban J connectivity index is 1.65. The SMILES string of the molecule is CCc1cccc(CC)c1NC(=O)C(=O)N1CCN(c2cccc(C)c2C)CC1. The maximum atomic E-state index is 12.8. The average molecular weight is 394 g/mol. The minimum atomic E-state index is -0.541. The third-order valence-electron chi connectivity index (χ3n) is 5.92. The van der Waals surface area contributed by atoms with Crippen LogP contribution in [0.15, 0.2) is 36.4 Å². The molecule has 5 heteroatoms. The molecular weight excluding hydrogens is 362 g/mol. The van der Waals surface area contributed by atoms with Crippen molar-refractivity contribution in [2.24, 2.45) is 0 Å². The van der Waals surface area contributed by atoms with Crippen molar-refractivity contribution in [1.29, 1.82) is 0 Å². The molecule has 0 saturated carbocycles. The normalized spacial score (nSPS) is 14.1. The highest BCUT2D eigenvalue weighted by Crippen LogP contribution is 2.25. The first-order valence-corrected chi connectivity index (χ1v) is 10.5. The summed E-state index contributed by atoms with van der Waals surface area (Å²) in [5.41, 5.74) is 6.67. The highest BCUT2D eigenvalue weighted by molar-refractivity contribution is 6.39. The smallest absolute Gasteiger partial charge is 0.313 e. The molecule has 2 amide bonds. The van der Waals surface area contributed by atoms with E-state index >= 15 is 0 Å². The van der Waals surface area contributed by atoms with Crippen LogP contribution in [0.1, 0.15) is 36.1 Å². The fourth-order valence-electron chi connectivity index (χ4n) is 3.94. The molecule has 1 N–H and O–H groups in total. The van der Waals surface area contributed by atoms with Crippen LogP contribution < -0.4 is 10.2 Å². The highest BCUT2D eigenvalue weighted by atomic mass is 16.2. The van der Waals surface area contributed by atoms with Gasteiger partial charge in [0.25, 0.3) is 0 Å². The standard InChI is InChI=1S/C24H31N3O2/c1-5-19-10-8-11-20(6-2)22(19)25-23(28)24(29)27-15-13-26(14-16-27)21-12-7-9-17(3)18(21)4/h7-12H,5-6,13-16H2,1-4H3,(H,25,28). The van der Waals surface area contributed by atoms with Crippen LogP contribution in [0.3, 0.4) is 0 Å². The lowest BCUT2D eigenvalue weighted by atomic mass is 10.0. The Hall–Kier alpha value is -2.82. The van der Waals surface area contributed by atoms with Crippen molar-refractivity contribution in [3.8, 4) is 0 Å². The molecule has 0 aromatic heterocycles. The van der Waals surface area contributed by atoms with E-state index in [-0.39, 0.29) is 0 Å². The van der Waals surface area contributed by atoms with Crippen LogP contribution in [-0.2, 0) is 22.4 Å². The van der Waals surface area contributed by atoms with Gasteiger partial charge in [0.1, 0.15) is 0 Å². The Labute approximate surface area is 173 Å². The topological polar surface area (TPSA) is 52.7 Å². The van der Waals surface area contributed by atoms with E-state index in [1.807, 2.05) is 18.2 Å². The van der Waals surface area contributed by atoms with Gasteiger partial charge in [-0.05, 0) is 55.0 Å². The van der Waals surface area contributed by atoms with Crippen molar-refractivity contribution in [2.75, 3.05) is 36.4 Å². The van der Waals surface area contributed by atoms with Gasteiger partial charge in [-0.3, -0.25) is 9.59 Å². The van der Waals surface area contributed by atoms with E-state index in [0.29, 0.717) is 13.1 Å². The lowest BCUT2D eigenvalue weighted by Crippen LogP contribution is -2.51. The number of para-hydroxylation sites is 1. The number of carbonyl (C=O) groups excluding carboxylic acids is 2. The molecule has 3 rings (SSSR count).